The topological polar surface area (TPSA) is 55.1 Å². The summed E-state index contributed by atoms with van der Waals surface area (Å²) in [5.74, 6) is 0.673. The third kappa shape index (κ3) is 2.82. The standard InChI is InChI=1S/C14H26N2O/c1-2-11-7-9-14(10-8-11,13(15)17)16-12-5-3-4-6-12/h11-12,16H,2-10H2,1H3,(H2,15,17). The quantitative estimate of drug-likeness (QED) is 0.790. The van der Waals surface area contributed by atoms with Crippen molar-refractivity contribution in [1.82, 2.24) is 5.32 Å². The molecule has 0 atom stereocenters. The van der Waals surface area contributed by atoms with Gasteiger partial charge in [-0.3, -0.25) is 4.79 Å². The van der Waals surface area contributed by atoms with Gasteiger partial charge in [-0.25, -0.2) is 0 Å². The lowest BCUT2D eigenvalue weighted by molar-refractivity contribution is -0.126. The van der Waals surface area contributed by atoms with E-state index in [0.717, 1.165) is 31.6 Å². The van der Waals surface area contributed by atoms with E-state index in [1.807, 2.05) is 0 Å². The highest BCUT2D eigenvalue weighted by atomic mass is 16.1. The molecule has 0 aromatic rings. The van der Waals surface area contributed by atoms with Crippen LogP contribution in [0.1, 0.15) is 64.7 Å². The molecule has 0 spiro atoms. The summed E-state index contributed by atoms with van der Waals surface area (Å²) in [4.78, 5) is 11.8. The number of primary amides is 1. The number of nitrogens with two attached hydrogens (primary N) is 1. The van der Waals surface area contributed by atoms with Crippen molar-refractivity contribution in [2.45, 2.75) is 76.3 Å². The number of hydrogen-bond acceptors (Lipinski definition) is 2. The molecular formula is C14H26N2O. The fourth-order valence-electron chi connectivity index (χ4n) is 3.50. The summed E-state index contributed by atoms with van der Waals surface area (Å²) in [5.41, 5.74) is 5.28. The summed E-state index contributed by atoms with van der Waals surface area (Å²) in [7, 11) is 0. The monoisotopic (exact) mass is 238 g/mol. The molecule has 0 radical (unpaired) electrons. The maximum Gasteiger partial charge on any atom is 0.237 e. The first-order valence-electron chi connectivity index (χ1n) is 7.24. The van der Waals surface area contributed by atoms with Crippen molar-refractivity contribution in [3.63, 3.8) is 0 Å². The van der Waals surface area contributed by atoms with Crippen LogP contribution in [-0.2, 0) is 4.79 Å². The van der Waals surface area contributed by atoms with Gasteiger partial charge in [-0.1, -0.05) is 26.2 Å². The molecule has 2 aliphatic rings. The molecule has 0 aromatic heterocycles. The highest BCUT2D eigenvalue weighted by Gasteiger charge is 2.41. The van der Waals surface area contributed by atoms with Crippen LogP contribution in [0.2, 0.25) is 0 Å². The van der Waals surface area contributed by atoms with E-state index in [4.69, 9.17) is 5.73 Å². The van der Waals surface area contributed by atoms with Gasteiger partial charge in [-0.05, 0) is 44.4 Å². The number of carbonyl (C=O) groups excluding carboxylic acids is 1. The third-order valence-corrected chi connectivity index (χ3v) is 4.84. The first kappa shape index (κ1) is 12.9. The van der Waals surface area contributed by atoms with E-state index in [9.17, 15) is 4.79 Å². The van der Waals surface area contributed by atoms with Gasteiger partial charge in [-0.15, -0.1) is 0 Å². The van der Waals surface area contributed by atoms with Crippen LogP contribution in [0.15, 0.2) is 0 Å². The molecule has 3 N–H and O–H groups in total. The zero-order chi connectivity index (χ0) is 12.3. The normalized spacial score (nSPS) is 35.0. The molecule has 2 aliphatic carbocycles. The van der Waals surface area contributed by atoms with E-state index >= 15 is 0 Å². The molecule has 3 nitrogen and oxygen atoms in total. The molecule has 98 valence electrons. The number of rotatable bonds is 4. The van der Waals surface area contributed by atoms with E-state index in [-0.39, 0.29) is 11.4 Å². The molecular weight excluding hydrogens is 212 g/mol. The van der Waals surface area contributed by atoms with Gasteiger partial charge in [0.1, 0.15) is 0 Å². The molecule has 3 heteroatoms. The lowest BCUT2D eigenvalue weighted by Crippen LogP contribution is -2.59. The zero-order valence-corrected chi connectivity index (χ0v) is 11.0. The van der Waals surface area contributed by atoms with Crippen LogP contribution < -0.4 is 11.1 Å². The van der Waals surface area contributed by atoms with Crippen molar-refractivity contribution < 1.29 is 4.79 Å². The summed E-state index contributed by atoms with van der Waals surface area (Å²) in [6.07, 6.45) is 10.4. The molecule has 0 bridgehead atoms. The van der Waals surface area contributed by atoms with E-state index in [1.165, 1.54) is 32.1 Å². The zero-order valence-electron chi connectivity index (χ0n) is 11.0. The molecule has 17 heavy (non-hydrogen) atoms. The van der Waals surface area contributed by atoms with Crippen molar-refractivity contribution in [3.05, 3.63) is 0 Å². The minimum absolute atomic E-state index is 0.126. The second-order valence-electron chi connectivity index (χ2n) is 5.92. The SMILES string of the molecule is CCC1CCC(NC2CCCC2)(C(N)=O)CC1. The molecule has 2 fully saturated rings. The smallest absolute Gasteiger partial charge is 0.237 e. The molecule has 0 aliphatic heterocycles. The lowest BCUT2D eigenvalue weighted by atomic mass is 9.74. The Bertz CT molecular complexity index is 263. The van der Waals surface area contributed by atoms with Crippen molar-refractivity contribution in [2.75, 3.05) is 0 Å². The van der Waals surface area contributed by atoms with Gasteiger partial charge in [-0.2, -0.15) is 0 Å². The summed E-state index contributed by atoms with van der Waals surface area (Å²) in [5, 5.41) is 3.60. The Morgan fingerprint density at radius 1 is 1.24 bits per heavy atom. The second kappa shape index (κ2) is 5.38. The van der Waals surface area contributed by atoms with Crippen LogP contribution in [0.4, 0.5) is 0 Å². The Hall–Kier alpha value is -0.570. The Morgan fingerprint density at radius 2 is 1.82 bits per heavy atom. The molecule has 0 heterocycles. The maximum absolute atomic E-state index is 11.8. The Kier molecular flexibility index (Phi) is 4.08. The number of hydrogen-bond donors (Lipinski definition) is 2. The molecule has 2 rings (SSSR count). The van der Waals surface area contributed by atoms with Crippen molar-refractivity contribution in [1.29, 1.82) is 0 Å². The van der Waals surface area contributed by atoms with Gasteiger partial charge in [0.15, 0.2) is 0 Å². The predicted molar refractivity (Wildman–Crippen MR) is 69.6 cm³/mol. The number of carbonyl (C=O) groups is 1. The predicted octanol–water partition coefficient (Wildman–Crippen LogP) is 2.34. The van der Waals surface area contributed by atoms with Crippen molar-refractivity contribution in [2.24, 2.45) is 11.7 Å². The highest BCUT2D eigenvalue weighted by Crippen LogP contribution is 2.35. The number of amides is 1. The molecule has 2 saturated carbocycles. The molecule has 0 unspecified atom stereocenters. The van der Waals surface area contributed by atoms with Crippen LogP contribution in [0.5, 0.6) is 0 Å². The summed E-state index contributed by atoms with van der Waals surface area (Å²) in [6, 6.07) is 0.528. The van der Waals surface area contributed by atoms with Gasteiger partial charge in [0.2, 0.25) is 5.91 Å². The maximum atomic E-state index is 11.8. The van der Waals surface area contributed by atoms with Crippen molar-refractivity contribution >= 4 is 5.91 Å². The van der Waals surface area contributed by atoms with Crippen LogP contribution in [0.3, 0.4) is 0 Å². The van der Waals surface area contributed by atoms with Gasteiger partial charge in [0.25, 0.3) is 0 Å². The van der Waals surface area contributed by atoms with Gasteiger partial charge in [0.05, 0.1) is 5.54 Å². The molecule has 0 saturated heterocycles. The minimum atomic E-state index is -0.388. The first-order valence-corrected chi connectivity index (χ1v) is 7.24. The fraction of sp³-hybridized carbons (Fsp3) is 0.929. The lowest BCUT2D eigenvalue weighted by Gasteiger charge is -2.40. The van der Waals surface area contributed by atoms with E-state index in [2.05, 4.69) is 12.2 Å². The first-order chi connectivity index (χ1) is 8.16. The van der Waals surface area contributed by atoms with E-state index in [1.54, 1.807) is 0 Å². The molecule has 1 amide bonds. The average molecular weight is 238 g/mol. The fourth-order valence-corrected chi connectivity index (χ4v) is 3.50. The summed E-state index contributed by atoms with van der Waals surface area (Å²) < 4.78 is 0. The van der Waals surface area contributed by atoms with E-state index < -0.39 is 0 Å². The highest BCUT2D eigenvalue weighted by molar-refractivity contribution is 5.84. The molecule has 0 aromatic carbocycles. The third-order valence-electron chi connectivity index (χ3n) is 4.84. The summed E-state index contributed by atoms with van der Waals surface area (Å²) in [6.45, 7) is 2.24. The number of nitrogens with one attached hydrogen (secondary N) is 1. The Labute approximate surface area is 105 Å². The minimum Gasteiger partial charge on any atom is -0.368 e. The Morgan fingerprint density at radius 3 is 2.29 bits per heavy atom. The van der Waals surface area contributed by atoms with Crippen LogP contribution in [-0.4, -0.2) is 17.5 Å². The van der Waals surface area contributed by atoms with Gasteiger partial charge >= 0.3 is 0 Å². The van der Waals surface area contributed by atoms with Gasteiger partial charge < -0.3 is 11.1 Å². The van der Waals surface area contributed by atoms with E-state index in [0.29, 0.717) is 6.04 Å². The Balaban J connectivity index is 1.98. The largest absolute Gasteiger partial charge is 0.368 e. The van der Waals surface area contributed by atoms with Crippen LogP contribution in [0, 0.1) is 5.92 Å². The summed E-state index contributed by atoms with van der Waals surface area (Å²) >= 11 is 0. The van der Waals surface area contributed by atoms with Crippen LogP contribution in [0.25, 0.3) is 0 Å². The second-order valence-corrected chi connectivity index (χ2v) is 5.92. The van der Waals surface area contributed by atoms with Crippen LogP contribution >= 0.6 is 0 Å². The van der Waals surface area contributed by atoms with Gasteiger partial charge in [0, 0.05) is 6.04 Å². The average Bonchev–Trinajstić information content (AvgIpc) is 2.82. The van der Waals surface area contributed by atoms with Crippen molar-refractivity contribution in [3.8, 4) is 0 Å².